The average Bonchev–Trinajstić information content (AvgIpc) is 2.38. The van der Waals surface area contributed by atoms with Crippen LogP contribution in [0, 0.1) is 19.7 Å². The predicted octanol–water partition coefficient (Wildman–Crippen LogP) is 3.80. The number of aryl methyl sites for hydroxylation is 2. The number of nitrogens with zero attached hydrogens (tertiary/aromatic N) is 2. The molecule has 0 atom stereocenters. The monoisotopic (exact) mass is 274 g/mol. The highest BCUT2D eigenvalue weighted by molar-refractivity contribution is 5.60. The molecular weight excluding hydrogens is 255 g/mol. The third kappa shape index (κ3) is 3.66. The average molecular weight is 274 g/mol. The number of aromatic nitrogens is 2. The largest absolute Gasteiger partial charge is 0.354 e. The zero-order valence-corrected chi connectivity index (χ0v) is 12.0. The van der Waals surface area contributed by atoms with Gasteiger partial charge in [0, 0.05) is 24.0 Å². The summed E-state index contributed by atoms with van der Waals surface area (Å²) >= 11 is 0. The number of anilines is 3. The van der Waals surface area contributed by atoms with Gasteiger partial charge in [0.2, 0.25) is 5.95 Å². The molecule has 20 heavy (non-hydrogen) atoms. The minimum Gasteiger partial charge on any atom is -0.354 e. The zero-order valence-electron chi connectivity index (χ0n) is 12.0. The van der Waals surface area contributed by atoms with Gasteiger partial charge in [0.1, 0.15) is 11.6 Å². The first-order valence-corrected chi connectivity index (χ1v) is 6.70. The van der Waals surface area contributed by atoms with E-state index < -0.39 is 0 Å². The van der Waals surface area contributed by atoms with Crippen molar-refractivity contribution in [3.05, 3.63) is 41.3 Å². The lowest BCUT2D eigenvalue weighted by atomic mass is 10.2. The number of hydrogen-bond acceptors (Lipinski definition) is 4. The van der Waals surface area contributed by atoms with E-state index in [1.54, 1.807) is 6.20 Å². The highest BCUT2D eigenvalue weighted by Crippen LogP contribution is 2.21. The number of benzene rings is 1. The van der Waals surface area contributed by atoms with Gasteiger partial charge >= 0.3 is 0 Å². The first-order valence-electron chi connectivity index (χ1n) is 6.70. The minimum atomic E-state index is -0.261. The van der Waals surface area contributed by atoms with E-state index in [1.807, 2.05) is 19.9 Å². The van der Waals surface area contributed by atoms with Crippen LogP contribution < -0.4 is 10.6 Å². The topological polar surface area (TPSA) is 49.8 Å². The normalized spacial score (nSPS) is 10.4. The van der Waals surface area contributed by atoms with E-state index in [4.69, 9.17) is 0 Å². The molecule has 4 nitrogen and oxygen atoms in total. The Morgan fingerprint density at radius 2 is 2.00 bits per heavy atom. The molecule has 0 aliphatic carbocycles. The molecule has 1 aromatic carbocycles. The molecule has 0 spiro atoms. The van der Waals surface area contributed by atoms with Gasteiger partial charge in [0.15, 0.2) is 0 Å². The van der Waals surface area contributed by atoms with Crippen molar-refractivity contribution in [2.24, 2.45) is 0 Å². The molecule has 1 heterocycles. The molecule has 0 saturated heterocycles. The maximum atomic E-state index is 13.4. The van der Waals surface area contributed by atoms with Crippen LogP contribution in [0.25, 0.3) is 0 Å². The molecule has 1 aromatic heterocycles. The van der Waals surface area contributed by atoms with Crippen molar-refractivity contribution in [3.63, 3.8) is 0 Å². The molecule has 0 saturated carbocycles. The van der Waals surface area contributed by atoms with Gasteiger partial charge in [-0.05, 0) is 44.0 Å². The van der Waals surface area contributed by atoms with Crippen molar-refractivity contribution in [2.45, 2.75) is 27.2 Å². The Balaban J connectivity index is 2.23. The second kappa shape index (κ2) is 6.32. The molecule has 0 aliphatic heterocycles. The van der Waals surface area contributed by atoms with E-state index in [2.05, 4.69) is 27.5 Å². The molecular formula is C15H19FN4. The van der Waals surface area contributed by atoms with Crippen LogP contribution in [0.3, 0.4) is 0 Å². The van der Waals surface area contributed by atoms with Crippen LogP contribution >= 0.6 is 0 Å². The van der Waals surface area contributed by atoms with Crippen molar-refractivity contribution in [3.8, 4) is 0 Å². The van der Waals surface area contributed by atoms with Crippen LogP contribution in [0.4, 0.5) is 21.8 Å². The van der Waals surface area contributed by atoms with E-state index >= 15 is 0 Å². The van der Waals surface area contributed by atoms with E-state index in [-0.39, 0.29) is 5.82 Å². The standard InChI is InChI=1S/C15H19FN4/c1-4-5-17-15-18-9-11(3)14(20-15)19-13-7-10(2)6-12(16)8-13/h6-9H,4-5H2,1-3H3,(H2,17,18,19,20). The molecule has 2 N–H and O–H groups in total. The van der Waals surface area contributed by atoms with Crippen molar-refractivity contribution in [2.75, 3.05) is 17.2 Å². The maximum absolute atomic E-state index is 13.4. The number of rotatable bonds is 5. The second-order valence-electron chi connectivity index (χ2n) is 4.79. The van der Waals surface area contributed by atoms with Gasteiger partial charge in [0.05, 0.1) is 0 Å². The Kier molecular flexibility index (Phi) is 4.50. The fourth-order valence-electron chi connectivity index (χ4n) is 1.84. The number of nitrogens with one attached hydrogen (secondary N) is 2. The van der Waals surface area contributed by atoms with Gasteiger partial charge in [-0.2, -0.15) is 4.98 Å². The van der Waals surface area contributed by atoms with Crippen molar-refractivity contribution >= 4 is 17.5 Å². The smallest absolute Gasteiger partial charge is 0.224 e. The quantitative estimate of drug-likeness (QED) is 0.870. The Hall–Kier alpha value is -2.17. The summed E-state index contributed by atoms with van der Waals surface area (Å²) in [4.78, 5) is 8.63. The van der Waals surface area contributed by atoms with Crippen LogP contribution in [0.15, 0.2) is 24.4 Å². The highest BCUT2D eigenvalue weighted by atomic mass is 19.1. The summed E-state index contributed by atoms with van der Waals surface area (Å²) in [5, 5.41) is 6.27. The third-order valence-electron chi connectivity index (χ3n) is 2.81. The van der Waals surface area contributed by atoms with Crippen molar-refractivity contribution in [1.82, 2.24) is 9.97 Å². The predicted molar refractivity (Wildman–Crippen MR) is 80.0 cm³/mol. The highest BCUT2D eigenvalue weighted by Gasteiger charge is 2.05. The molecule has 2 rings (SSSR count). The van der Waals surface area contributed by atoms with E-state index in [0.717, 1.165) is 24.1 Å². The molecule has 0 amide bonds. The van der Waals surface area contributed by atoms with Crippen LogP contribution in [0.2, 0.25) is 0 Å². The zero-order chi connectivity index (χ0) is 14.5. The Bertz CT molecular complexity index is 578. The molecule has 2 aromatic rings. The lowest BCUT2D eigenvalue weighted by Gasteiger charge is -2.11. The van der Waals surface area contributed by atoms with E-state index in [1.165, 1.54) is 12.1 Å². The SMILES string of the molecule is CCCNc1ncc(C)c(Nc2cc(C)cc(F)c2)n1. The fraction of sp³-hybridized carbons (Fsp3) is 0.333. The van der Waals surface area contributed by atoms with Gasteiger partial charge in [-0.3, -0.25) is 0 Å². The van der Waals surface area contributed by atoms with Gasteiger partial charge in [-0.15, -0.1) is 0 Å². The van der Waals surface area contributed by atoms with Crippen LogP contribution in [0.5, 0.6) is 0 Å². The Morgan fingerprint density at radius 3 is 2.70 bits per heavy atom. The van der Waals surface area contributed by atoms with Gasteiger partial charge in [-0.1, -0.05) is 6.92 Å². The molecule has 0 aliphatic rings. The van der Waals surface area contributed by atoms with Crippen LogP contribution in [-0.4, -0.2) is 16.5 Å². The third-order valence-corrected chi connectivity index (χ3v) is 2.81. The number of halogens is 1. The Morgan fingerprint density at radius 1 is 1.20 bits per heavy atom. The van der Waals surface area contributed by atoms with Crippen LogP contribution in [-0.2, 0) is 0 Å². The van der Waals surface area contributed by atoms with Crippen LogP contribution in [0.1, 0.15) is 24.5 Å². The summed E-state index contributed by atoms with van der Waals surface area (Å²) < 4.78 is 13.4. The molecule has 0 radical (unpaired) electrons. The first kappa shape index (κ1) is 14.2. The lowest BCUT2D eigenvalue weighted by molar-refractivity contribution is 0.627. The van der Waals surface area contributed by atoms with E-state index in [9.17, 15) is 4.39 Å². The lowest BCUT2D eigenvalue weighted by Crippen LogP contribution is -2.07. The summed E-state index contributed by atoms with van der Waals surface area (Å²) in [5.41, 5.74) is 2.46. The summed E-state index contributed by atoms with van der Waals surface area (Å²) in [6.45, 7) is 6.67. The Labute approximate surface area is 118 Å². The summed E-state index contributed by atoms with van der Waals surface area (Å²) in [6, 6.07) is 4.82. The summed E-state index contributed by atoms with van der Waals surface area (Å²) in [5.74, 6) is 1.00. The van der Waals surface area contributed by atoms with Gasteiger partial charge in [0.25, 0.3) is 0 Å². The van der Waals surface area contributed by atoms with Crippen molar-refractivity contribution in [1.29, 1.82) is 0 Å². The minimum absolute atomic E-state index is 0.261. The van der Waals surface area contributed by atoms with Crippen molar-refractivity contribution < 1.29 is 4.39 Å². The second-order valence-corrected chi connectivity index (χ2v) is 4.79. The maximum Gasteiger partial charge on any atom is 0.224 e. The molecule has 0 unspecified atom stereocenters. The fourth-order valence-corrected chi connectivity index (χ4v) is 1.84. The van der Waals surface area contributed by atoms with Gasteiger partial charge < -0.3 is 10.6 Å². The molecule has 5 heteroatoms. The van der Waals surface area contributed by atoms with Gasteiger partial charge in [-0.25, -0.2) is 9.37 Å². The molecule has 106 valence electrons. The molecule has 0 bridgehead atoms. The van der Waals surface area contributed by atoms with E-state index in [0.29, 0.717) is 17.5 Å². The molecule has 0 fully saturated rings. The first-order chi connectivity index (χ1) is 9.58. The summed E-state index contributed by atoms with van der Waals surface area (Å²) in [6.07, 6.45) is 2.75. The number of hydrogen-bond donors (Lipinski definition) is 2. The summed E-state index contributed by atoms with van der Waals surface area (Å²) in [7, 11) is 0.